The summed E-state index contributed by atoms with van der Waals surface area (Å²) in [6, 6.07) is 8.31. The molecule has 0 unspecified atom stereocenters. The molecule has 1 N–H and O–H groups in total. The normalized spacial score (nSPS) is 11.0. The molecule has 0 saturated carbocycles. The number of aromatic nitrogens is 2. The molecule has 2 rings (SSSR count). The predicted octanol–water partition coefficient (Wildman–Crippen LogP) is 3.01. The predicted molar refractivity (Wildman–Crippen MR) is 104 cm³/mol. The van der Waals surface area contributed by atoms with Crippen molar-refractivity contribution in [2.75, 3.05) is 14.1 Å². The number of guanidine groups is 1. The molecule has 0 radical (unpaired) electrons. The zero-order valence-corrected chi connectivity index (χ0v) is 16.9. The first-order valence-corrected chi connectivity index (χ1v) is 7.51. The van der Waals surface area contributed by atoms with Crippen LogP contribution in [0.3, 0.4) is 0 Å². The van der Waals surface area contributed by atoms with Crippen molar-refractivity contribution in [1.82, 2.24) is 20.0 Å². The summed E-state index contributed by atoms with van der Waals surface area (Å²) < 4.78 is 2.89. The van der Waals surface area contributed by atoms with Crippen LogP contribution in [0, 0.1) is 0 Å². The Morgan fingerprint density at radius 3 is 2.55 bits per heavy atom. The minimum atomic E-state index is 0. The van der Waals surface area contributed by atoms with Crippen LogP contribution in [0.4, 0.5) is 0 Å². The Kier molecular flexibility index (Phi) is 7.88. The molecule has 5 nitrogen and oxygen atoms in total. The number of rotatable bonds is 4. The van der Waals surface area contributed by atoms with Gasteiger partial charge in [-0.2, -0.15) is 5.10 Å². The van der Waals surface area contributed by atoms with E-state index in [9.17, 15) is 0 Å². The highest BCUT2D eigenvalue weighted by atomic mass is 127. The molecule has 0 atom stereocenters. The summed E-state index contributed by atoms with van der Waals surface area (Å²) >= 11 is 3.45. The second kappa shape index (κ2) is 9.14. The Hall–Kier alpha value is -1.09. The molecular weight excluding hydrogens is 457 g/mol. The molecule has 0 saturated heterocycles. The topological polar surface area (TPSA) is 45.5 Å². The van der Waals surface area contributed by atoms with Gasteiger partial charge in [-0.1, -0.05) is 28.1 Å². The third kappa shape index (κ3) is 5.60. The van der Waals surface area contributed by atoms with Gasteiger partial charge >= 0.3 is 0 Å². The molecule has 22 heavy (non-hydrogen) atoms. The van der Waals surface area contributed by atoms with Crippen molar-refractivity contribution in [3.8, 4) is 0 Å². The van der Waals surface area contributed by atoms with Crippen LogP contribution in [0.15, 0.2) is 46.1 Å². The van der Waals surface area contributed by atoms with Gasteiger partial charge in [0.15, 0.2) is 5.96 Å². The minimum absolute atomic E-state index is 0. The molecule has 0 aliphatic carbocycles. The van der Waals surface area contributed by atoms with Crippen molar-refractivity contribution in [3.05, 3.63) is 52.3 Å². The Labute approximate surface area is 157 Å². The second-order valence-electron chi connectivity index (χ2n) is 4.91. The van der Waals surface area contributed by atoms with E-state index in [1.807, 2.05) is 26.5 Å². The highest BCUT2D eigenvalue weighted by molar-refractivity contribution is 14.0. The zero-order chi connectivity index (χ0) is 15.2. The number of benzene rings is 1. The monoisotopic (exact) mass is 477 g/mol. The number of aliphatic imine (C=N–C) groups is 1. The van der Waals surface area contributed by atoms with Gasteiger partial charge < -0.3 is 10.2 Å². The Balaban J connectivity index is 0.00000242. The molecule has 7 heteroatoms. The summed E-state index contributed by atoms with van der Waals surface area (Å²) in [5, 5.41) is 7.50. The molecule has 120 valence electrons. The number of hydrogen-bond donors (Lipinski definition) is 1. The molecule has 0 bridgehead atoms. The van der Waals surface area contributed by atoms with Gasteiger partial charge in [-0.05, 0) is 17.7 Å². The van der Waals surface area contributed by atoms with Gasteiger partial charge in [0, 0.05) is 50.5 Å². The third-order valence-electron chi connectivity index (χ3n) is 3.12. The maximum absolute atomic E-state index is 4.32. The van der Waals surface area contributed by atoms with Gasteiger partial charge in [-0.15, -0.1) is 24.0 Å². The van der Waals surface area contributed by atoms with E-state index in [0.717, 1.165) is 22.5 Å². The van der Waals surface area contributed by atoms with Crippen molar-refractivity contribution in [2.45, 2.75) is 13.1 Å². The number of aryl methyl sites for hydroxylation is 1. The molecular formula is C15H21BrIN5. The second-order valence-corrected chi connectivity index (χ2v) is 5.82. The standard InChI is InChI=1S/C15H20BrN5.HI/c1-17-15(18-8-13-9-19-21(3)11-13)20(2)10-12-4-6-14(16)7-5-12;/h4-7,9,11H,8,10H2,1-3H3,(H,17,18);1H. The fourth-order valence-corrected chi connectivity index (χ4v) is 2.33. The average Bonchev–Trinajstić information content (AvgIpc) is 2.88. The fraction of sp³-hybridized carbons (Fsp3) is 0.333. The summed E-state index contributed by atoms with van der Waals surface area (Å²) in [4.78, 5) is 6.42. The third-order valence-corrected chi connectivity index (χ3v) is 3.64. The van der Waals surface area contributed by atoms with Crippen LogP contribution in [-0.2, 0) is 20.1 Å². The smallest absolute Gasteiger partial charge is 0.193 e. The lowest BCUT2D eigenvalue weighted by atomic mass is 10.2. The molecule has 1 heterocycles. The maximum atomic E-state index is 4.32. The van der Waals surface area contributed by atoms with E-state index in [1.54, 1.807) is 11.7 Å². The molecule has 0 aliphatic rings. The van der Waals surface area contributed by atoms with E-state index in [4.69, 9.17) is 0 Å². The van der Waals surface area contributed by atoms with Gasteiger partial charge in [0.2, 0.25) is 0 Å². The lowest BCUT2D eigenvalue weighted by Crippen LogP contribution is -2.37. The van der Waals surface area contributed by atoms with Crippen molar-refractivity contribution in [3.63, 3.8) is 0 Å². The van der Waals surface area contributed by atoms with E-state index >= 15 is 0 Å². The van der Waals surface area contributed by atoms with Crippen LogP contribution in [-0.4, -0.2) is 34.7 Å². The van der Waals surface area contributed by atoms with Crippen LogP contribution < -0.4 is 5.32 Å². The van der Waals surface area contributed by atoms with Gasteiger partial charge in [0.25, 0.3) is 0 Å². The molecule has 0 aliphatic heterocycles. The van der Waals surface area contributed by atoms with E-state index in [-0.39, 0.29) is 24.0 Å². The molecule has 0 spiro atoms. The van der Waals surface area contributed by atoms with E-state index in [0.29, 0.717) is 6.54 Å². The zero-order valence-electron chi connectivity index (χ0n) is 13.0. The summed E-state index contributed by atoms with van der Waals surface area (Å²) in [6.45, 7) is 1.52. The largest absolute Gasteiger partial charge is 0.352 e. The van der Waals surface area contributed by atoms with E-state index in [2.05, 4.69) is 60.5 Å². The van der Waals surface area contributed by atoms with Crippen molar-refractivity contribution in [2.24, 2.45) is 12.0 Å². The highest BCUT2D eigenvalue weighted by Gasteiger charge is 2.07. The van der Waals surface area contributed by atoms with Crippen LogP contribution in [0.2, 0.25) is 0 Å². The summed E-state index contributed by atoms with van der Waals surface area (Å²) in [6.07, 6.45) is 3.85. The molecule has 0 fully saturated rings. The number of nitrogens with one attached hydrogen (secondary N) is 1. The van der Waals surface area contributed by atoms with Crippen molar-refractivity contribution in [1.29, 1.82) is 0 Å². The first-order valence-electron chi connectivity index (χ1n) is 6.72. The van der Waals surface area contributed by atoms with Gasteiger partial charge in [0.05, 0.1) is 6.20 Å². The first kappa shape index (κ1) is 19.0. The molecule has 2 aromatic rings. The average molecular weight is 478 g/mol. The number of nitrogens with zero attached hydrogens (tertiary/aromatic N) is 4. The molecule has 1 aromatic carbocycles. The lowest BCUT2D eigenvalue weighted by molar-refractivity contribution is 0.476. The quantitative estimate of drug-likeness (QED) is 0.418. The molecule has 0 amide bonds. The van der Waals surface area contributed by atoms with Crippen LogP contribution in [0.1, 0.15) is 11.1 Å². The summed E-state index contributed by atoms with van der Waals surface area (Å²) in [5.41, 5.74) is 2.38. The molecule has 1 aromatic heterocycles. The van der Waals surface area contributed by atoms with Crippen LogP contribution in [0.25, 0.3) is 0 Å². The Morgan fingerprint density at radius 1 is 1.32 bits per heavy atom. The van der Waals surface area contributed by atoms with E-state index in [1.165, 1.54) is 5.56 Å². The van der Waals surface area contributed by atoms with Gasteiger partial charge in [0.1, 0.15) is 0 Å². The maximum Gasteiger partial charge on any atom is 0.193 e. The van der Waals surface area contributed by atoms with Gasteiger partial charge in [-0.3, -0.25) is 9.67 Å². The van der Waals surface area contributed by atoms with E-state index < -0.39 is 0 Å². The van der Waals surface area contributed by atoms with Crippen molar-refractivity contribution >= 4 is 45.9 Å². The SMILES string of the molecule is CN=C(NCc1cnn(C)c1)N(C)Cc1ccc(Br)cc1.I. The number of hydrogen-bond acceptors (Lipinski definition) is 2. The Bertz CT molecular complexity index is 609. The summed E-state index contributed by atoms with van der Waals surface area (Å²) in [7, 11) is 5.74. The fourth-order valence-electron chi connectivity index (χ4n) is 2.07. The van der Waals surface area contributed by atoms with Crippen molar-refractivity contribution < 1.29 is 0 Å². The summed E-state index contributed by atoms with van der Waals surface area (Å²) in [5.74, 6) is 0.863. The highest BCUT2D eigenvalue weighted by Crippen LogP contribution is 2.11. The lowest BCUT2D eigenvalue weighted by Gasteiger charge is -2.22. The van der Waals surface area contributed by atoms with Gasteiger partial charge in [-0.25, -0.2) is 0 Å². The minimum Gasteiger partial charge on any atom is -0.352 e. The first-order chi connectivity index (χ1) is 10.1. The Morgan fingerprint density at radius 2 is 2.00 bits per heavy atom. The van der Waals surface area contributed by atoms with Crippen LogP contribution >= 0.6 is 39.9 Å². The van der Waals surface area contributed by atoms with Crippen LogP contribution in [0.5, 0.6) is 0 Å². The number of halogens is 2.